The molecule has 0 aliphatic heterocycles. The topological polar surface area (TPSA) is 82.8 Å². The van der Waals surface area contributed by atoms with Crippen molar-refractivity contribution in [2.24, 2.45) is 12.0 Å². The number of methoxy groups -OCH3 is 1. The molecule has 0 fully saturated rings. The molecule has 2 aromatic rings. The third kappa shape index (κ3) is 8.10. The summed E-state index contributed by atoms with van der Waals surface area (Å²) in [4.78, 5) is 32.1. The second-order valence-electron chi connectivity index (χ2n) is 6.33. The first-order valence-corrected chi connectivity index (χ1v) is 9.51. The van der Waals surface area contributed by atoms with Crippen LogP contribution in [0.4, 0.5) is 0 Å². The zero-order valence-corrected chi connectivity index (χ0v) is 17.6. The van der Waals surface area contributed by atoms with Gasteiger partial charge >= 0.3 is 0 Å². The van der Waals surface area contributed by atoms with Crippen molar-refractivity contribution in [2.75, 3.05) is 13.7 Å². The van der Waals surface area contributed by atoms with E-state index in [9.17, 15) is 9.59 Å². The Kier molecular flexibility index (Phi) is 9.42. The highest BCUT2D eigenvalue weighted by Gasteiger charge is 2.06. The van der Waals surface area contributed by atoms with Crippen molar-refractivity contribution >= 4 is 29.9 Å². The van der Waals surface area contributed by atoms with Gasteiger partial charge in [-0.2, -0.15) is 0 Å². The number of rotatable bonds is 12. The van der Waals surface area contributed by atoms with Crippen molar-refractivity contribution in [3.8, 4) is 11.5 Å². The summed E-state index contributed by atoms with van der Waals surface area (Å²) in [5.74, 6) is 0.574. The molecule has 0 spiro atoms. The van der Waals surface area contributed by atoms with Crippen LogP contribution < -0.4 is 9.47 Å². The van der Waals surface area contributed by atoms with Crippen molar-refractivity contribution in [3.05, 3.63) is 79.1 Å². The fourth-order valence-electron chi connectivity index (χ4n) is 2.45. The minimum Gasteiger partial charge on any atom is -0.496 e. The lowest BCUT2D eigenvalue weighted by atomic mass is 10.1. The van der Waals surface area contributed by atoms with Crippen LogP contribution in [0.25, 0.3) is 12.2 Å². The summed E-state index contributed by atoms with van der Waals surface area (Å²) < 4.78 is 12.7. The van der Waals surface area contributed by atoms with Gasteiger partial charge in [0.1, 0.15) is 18.1 Å². The van der Waals surface area contributed by atoms with Crippen molar-refractivity contribution in [1.82, 2.24) is 9.55 Å². The highest BCUT2D eigenvalue weighted by Crippen LogP contribution is 2.25. The molecule has 1 aromatic carbocycles. The van der Waals surface area contributed by atoms with Crippen LogP contribution in [0.2, 0.25) is 0 Å². The van der Waals surface area contributed by atoms with Crippen LogP contribution >= 0.6 is 0 Å². The van der Waals surface area contributed by atoms with Gasteiger partial charge in [0.05, 0.1) is 31.7 Å². The van der Waals surface area contributed by atoms with E-state index in [1.807, 2.05) is 7.05 Å². The molecule has 0 saturated carbocycles. The number of benzene rings is 1. The number of carbonyl (C=O) groups excluding carboxylic acids is 2. The molecule has 0 unspecified atom stereocenters. The van der Waals surface area contributed by atoms with Crippen LogP contribution in [-0.4, -0.2) is 41.0 Å². The maximum atomic E-state index is 12.1. The lowest BCUT2D eigenvalue weighted by Gasteiger charge is -2.08. The van der Waals surface area contributed by atoms with E-state index in [1.165, 1.54) is 19.3 Å². The molecular formula is C24H25N3O4. The summed E-state index contributed by atoms with van der Waals surface area (Å²) in [6.45, 7) is 3.86. The average molecular weight is 419 g/mol. The molecule has 7 heteroatoms. The van der Waals surface area contributed by atoms with Crippen LogP contribution in [0.3, 0.4) is 0 Å². The standard InChI is InChI=1S/C24H25N3O4/c1-4-5-12-25-13-14-31-23-11-7-19(24(16-23)30-3)6-9-21(28)15-22(29)10-8-20-17-26-18-27(20)2/h4-13,16-18H,1,14-15H2,2-3H3/b9-6+,10-8+,12-5-,25-13+. The predicted octanol–water partition coefficient (Wildman–Crippen LogP) is 3.83. The SMILES string of the molecule is C=C/C=C\N=C\COc1ccc(/C=C/C(=O)CC(=O)/C=C/c2cncn2C)c(OC)c1. The molecule has 0 atom stereocenters. The molecule has 7 nitrogen and oxygen atoms in total. The van der Waals surface area contributed by atoms with E-state index in [-0.39, 0.29) is 18.0 Å². The molecule has 31 heavy (non-hydrogen) atoms. The molecule has 0 aliphatic carbocycles. The summed E-state index contributed by atoms with van der Waals surface area (Å²) in [5.41, 5.74) is 1.48. The van der Waals surface area contributed by atoms with Gasteiger partial charge < -0.3 is 14.0 Å². The number of ether oxygens (including phenoxy) is 2. The van der Waals surface area contributed by atoms with E-state index >= 15 is 0 Å². The van der Waals surface area contributed by atoms with Crippen LogP contribution in [0.5, 0.6) is 11.5 Å². The highest BCUT2D eigenvalue weighted by molar-refractivity contribution is 6.10. The average Bonchev–Trinajstić information content (AvgIpc) is 3.18. The smallest absolute Gasteiger partial charge is 0.163 e. The number of aryl methyl sites for hydroxylation is 1. The highest BCUT2D eigenvalue weighted by atomic mass is 16.5. The number of aliphatic imine (C=N–C) groups is 1. The van der Waals surface area contributed by atoms with E-state index in [2.05, 4.69) is 16.6 Å². The van der Waals surface area contributed by atoms with Crippen LogP contribution in [0.1, 0.15) is 17.7 Å². The Morgan fingerprint density at radius 1 is 1.23 bits per heavy atom. The van der Waals surface area contributed by atoms with Gasteiger partial charge in [-0.1, -0.05) is 12.7 Å². The summed E-state index contributed by atoms with van der Waals surface area (Å²) in [5, 5.41) is 0. The van der Waals surface area contributed by atoms with Gasteiger partial charge in [0.2, 0.25) is 0 Å². The third-order valence-corrected chi connectivity index (χ3v) is 4.03. The number of carbonyl (C=O) groups is 2. The molecule has 2 rings (SSSR count). The normalized spacial score (nSPS) is 11.7. The van der Waals surface area contributed by atoms with Crippen molar-refractivity contribution in [2.45, 2.75) is 6.42 Å². The number of nitrogens with zero attached hydrogens (tertiary/aromatic N) is 3. The fourth-order valence-corrected chi connectivity index (χ4v) is 2.45. The van der Waals surface area contributed by atoms with Crippen molar-refractivity contribution in [1.29, 1.82) is 0 Å². The number of hydrogen-bond donors (Lipinski definition) is 0. The van der Waals surface area contributed by atoms with Gasteiger partial charge in [0, 0.05) is 31.1 Å². The molecule has 0 N–H and O–H groups in total. The minimum atomic E-state index is -0.300. The maximum Gasteiger partial charge on any atom is 0.163 e. The Morgan fingerprint density at radius 2 is 2.00 bits per heavy atom. The molecule has 0 saturated heterocycles. The molecule has 0 radical (unpaired) electrons. The molecule has 0 bridgehead atoms. The predicted molar refractivity (Wildman–Crippen MR) is 122 cm³/mol. The van der Waals surface area contributed by atoms with Gasteiger partial charge in [-0.25, -0.2) is 4.98 Å². The Labute approximate surface area is 181 Å². The number of ketones is 2. The Balaban J connectivity index is 1.92. The second-order valence-corrected chi connectivity index (χ2v) is 6.33. The number of hydrogen-bond acceptors (Lipinski definition) is 6. The molecule has 160 valence electrons. The van der Waals surface area contributed by atoms with Crippen LogP contribution in [0, 0.1) is 0 Å². The van der Waals surface area contributed by atoms with Crippen molar-refractivity contribution < 1.29 is 19.1 Å². The Morgan fingerprint density at radius 3 is 2.68 bits per heavy atom. The van der Waals surface area contributed by atoms with Gasteiger partial charge in [-0.3, -0.25) is 14.6 Å². The summed E-state index contributed by atoms with van der Waals surface area (Å²) in [6.07, 6.45) is 15.6. The second kappa shape index (κ2) is 12.5. The zero-order chi connectivity index (χ0) is 22.5. The molecular weight excluding hydrogens is 394 g/mol. The van der Waals surface area contributed by atoms with Crippen molar-refractivity contribution in [3.63, 3.8) is 0 Å². The van der Waals surface area contributed by atoms with E-state index < -0.39 is 0 Å². The lowest BCUT2D eigenvalue weighted by molar-refractivity contribution is -0.121. The molecule has 1 aromatic heterocycles. The Hall–Kier alpha value is -4.00. The van der Waals surface area contributed by atoms with Gasteiger partial charge in [-0.15, -0.1) is 0 Å². The number of allylic oxidation sites excluding steroid dienone is 4. The minimum absolute atomic E-state index is 0.214. The van der Waals surface area contributed by atoms with E-state index in [0.717, 1.165) is 5.69 Å². The monoisotopic (exact) mass is 419 g/mol. The third-order valence-electron chi connectivity index (χ3n) is 4.03. The van der Waals surface area contributed by atoms with E-state index in [1.54, 1.807) is 72.0 Å². The first-order chi connectivity index (χ1) is 15.0. The molecule has 0 aliphatic rings. The summed E-state index contributed by atoms with van der Waals surface area (Å²) in [7, 11) is 3.36. The van der Waals surface area contributed by atoms with Gasteiger partial charge in [-0.05, 0) is 42.5 Å². The summed E-state index contributed by atoms with van der Waals surface area (Å²) >= 11 is 0. The van der Waals surface area contributed by atoms with E-state index in [4.69, 9.17) is 9.47 Å². The zero-order valence-electron chi connectivity index (χ0n) is 17.6. The number of imidazole rings is 1. The largest absolute Gasteiger partial charge is 0.496 e. The number of aromatic nitrogens is 2. The lowest BCUT2D eigenvalue weighted by Crippen LogP contribution is -2.02. The Bertz CT molecular complexity index is 1030. The quantitative estimate of drug-likeness (QED) is 0.226. The van der Waals surface area contributed by atoms with E-state index in [0.29, 0.717) is 23.7 Å². The van der Waals surface area contributed by atoms with Crippen LogP contribution in [-0.2, 0) is 16.6 Å². The molecule has 1 heterocycles. The van der Waals surface area contributed by atoms with Gasteiger partial charge in [0.25, 0.3) is 0 Å². The first-order valence-electron chi connectivity index (χ1n) is 9.51. The summed E-state index contributed by atoms with van der Waals surface area (Å²) in [6, 6.07) is 5.26. The van der Waals surface area contributed by atoms with Crippen LogP contribution in [0.15, 0.2) is 72.8 Å². The fraction of sp³-hybridized carbons (Fsp3) is 0.167. The first kappa shape index (κ1) is 23.3. The maximum absolute atomic E-state index is 12.1. The van der Waals surface area contributed by atoms with Gasteiger partial charge in [0.15, 0.2) is 11.6 Å². The molecule has 0 amide bonds.